The maximum atomic E-state index is 13.5. The van der Waals surface area contributed by atoms with Crippen molar-refractivity contribution in [2.45, 2.75) is 32.2 Å². The molecule has 8 heteroatoms. The Bertz CT molecular complexity index is 1290. The molecule has 4 rings (SSSR count). The molecule has 3 aromatic heterocycles. The Morgan fingerprint density at radius 1 is 1.24 bits per heavy atom. The van der Waals surface area contributed by atoms with Gasteiger partial charge in [0.25, 0.3) is 5.56 Å². The van der Waals surface area contributed by atoms with Crippen LogP contribution in [0.5, 0.6) is 5.75 Å². The molecule has 0 aliphatic heterocycles. The first kappa shape index (κ1) is 22.1. The minimum Gasteiger partial charge on any atom is -0.507 e. The lowest BCUT2D eigenvalue weighted by Crippen LogP contribution is -2.29. The molecule has 0 bridgehead atoms. The Hall–Kier alpha value is -4.07. The highest BCUT2D eigenvalue weighted by molar-refractivity contribution is 5.71. The number of carbonyl (C=O) groups excluding carboxylic acids is 1. The van der Waals surface area contributed by atoms with E-state index in [0.29, 0.717) is 30.2 Å². The van der Waals surface area contributed by atoms with Crippen molar-refractivity contribution in [2.75, 3.05) is 7.11 Å². The zero-order valence-electron chi connectivity index (χ0n) is 18.4. The zero-order valence-corrected chi connectivity index (χ0v) is 18.4. The lowest BCUT2D eigenvalue weighted by molar-refractivity contribution is -0.140. The van der Waals surface area contributed by atoms with E-state index in [1.54, 1.807) is 36.1 Å². The summed E-state index contributed by atoms with van der Waals surface area (Å²) in [7, 11) is 1.29. The van der Waals surface area contributed by atoms with Crippen molar-refractivity contribution in [3.05, 3.63) is 94.1 Å². The van der Waals surface area contributed by atoms with E-state index in [2.05, 4.69) is 9.97 Å². The van der Waals surface area contributed by atoms with Gasteiger partial charge in [0, 0.05) is 36.1 Å². The fourth-order valence-corrected chi connectivity index (χ4v) is 3.92. The average Bonchev–Trinajstić information content (AvgIpc) is 3.51. The maximum Gasteiger partial charge on any atom is 0.306 e. The number of carbonyl (C=O) groups is 1. The molecule has 33 heavy (non-hydrogen) atoms. The van der Waals surface area contributed by atoms with Gasteiger partial charge in [0.1, 0.15) is 17.3 Å². The topological polar surface area (TPSA) is 110 Å². The van der Waals surface area contributed by atoms with E-state index >= 15 is 0 Å². The molecule has 2 N–H and O–H groups in total. The van der Waals surface area contributed by atoms with Crippen LogP contribution in [0, 0.1) is 6.92 Å². The third-order valence-corrected chi connectivity index (χ3v) is 5.66. The molecule has 0 amide bonds. The number of imidazole rings is 1. The summed E-state index contributed by atoms with van der Waals surface area (Å²) in [6.45, 7) is 2.14. The number of nitrogens with one attached hydrogen (secondary N) is 1. The lowest BCUT2D eigenvalue weighted by Gasteiger charge is -2.18. The first-order valence-corrected chi connectivity index (χ1v) is 10.6. The number of esters is 1. The monoisotopic (exact) mass is 447 g/mol. The quantitative estimate of drug-likeness (QED) is 0.398. The van der Waals surface area contributed by atoms with Gasteiger partial charge in [-0.05, 0) is 25.1 Å². The summed E-state index contributed by atoms with van der Waals surface area (Å²) in [6, 6.07) is 14.6. The number of aromatic hydroxyl groups is 1. The molecule has 0 aliphatic carbocycles. The Morgan fingerprint density at radius 3 is 2.73 bits per heavy atom. The fraction of sp³-hybridized carbons (Fsp3) is 0.240. The minimum absolute atomic E-state index is 0.101. The van der Waals surface area contributed by atoms with Gasteiger partial charge in [0.2, 0.25) is 0 Å². The number of benzene rings is 1. The minimum atomic E-state index is -0.804. The number of aromatic nitrogens is 3. The molecule has 0 fully saturated rings. The maximum absolute atomic E-state index is 13.5. The smallest absolute Gasteiger partial charge is 0.306 e. The summed E-state index contributed by atoms with van der Waals surface area (Å²) in [5, 5.41) is 10.8. The van der Waals surface area contributed by atoms with Gasteiger partial charge in [-0.1, -0.05) is 30.3 Å². The summed E-state index contributed by atoms with van der Waals surface area (Å²) in [4.78, 5) is 32.8. The number of methoxy groups -OCH3 is 1. The Kier molecular flexibility index (Phi) is 6.44. The highest BCUT2D eigenvalue weighted by atomic mass is 16.5. The molecule has 8 nitrogen and oxygen atoms in total. The van der Waals surface area contributed by atoms with Crippen LogP contribution in [0.1, 0.15) is 35.1 Å². The number of H-pyrrole nitrogens is 1. The summed E-state index contributed by atoms with van der Waals surface area (Å²) in [6.07, 6.45) is 3.70. The molecular weight excluding hydrogens is 422 g/mol. The first-order chi connectivity index (χ1) is 16.0. The summed E-state index contributed by atoms with van der Waals surface area (Å²) in [5.41, 5.74) is 2.09. The molecule has 0 spiro atoms. The largest absolute Gasteiger partial charge is 0.507 e. The Morgan fingerprint density at radius 2 is 2.03 bits per heavy atom. The van der Waals surface area contributed by atoms with Gasteiger partial charge in [-0.15, -0.1) is 0 Å². The summed E-state index contributed by atoms with van der Waals surface area (Å²) < 4.78 is 12.5. The van der Waals surface area contributed by atoms with Gasteiger partial charge in [-0.3, -0.25) is 9.59 Å². The van der Waals surface area contributed by atoms with E-state index in [1.165, 1.54) is 13.2 Å². The number of hydrogen-bond donors (Lipinski definition) is 2. The third-order valence-electron chi connectivity index (χ3n) is 5.66. The van der Waals surface area contributed by atoms with Gasteiger partial charge in [0.15, 0.2) is 0 Å². The Balaban J connectivity index is 1.76. The normalized spacial score (nSPS) is 11.9. The predicted molar refractivity (Wildman–Crippen MR) is 122 cm³/mol. The van der Waals surface area contributed by atoms with Crippen LogP contribution in [0.3, 0.4) is 0 Å². The number of ether oxygens (including phenoxy) is 1. The number of nitrogens with zero attached hydrogens (tertiary/aromatic N) is 2. The molecule has 1 atom stereocenters. The zero-order chi connectivity index (χ0) is 23.4. The van der Waals surface area contributed by atoms with Crippen LogP contribution >= 0.6 is 0 Å². The van der Waals surface area contributed by atoms with Gasteiger partial charge in [-0.25, -0.2) is 4.98 Å². The molecular formula is C25H25N3O5. The predicted octanol–water partition coefficient (Wildman–Crippen LogP) is 3.78. The standard InChI is InChI=1S/C25H25N3O5/c1-16-12-20(29)24(25(31)28(16)11-10-18-14-26-15-27-18)19(13-23(30)32-2)22-9-8-21(33-22)17-6-4-3-5-7-17/h3-9,12,14-15,19,29H,10-11,13H2,1-2H3,(H,26,27). The third kappa shape index (κ3) is 4.74. The molecule has 170 valence electrons. The number of aryl methyl sites for hydroxylation is 2. The van der Waals surface area contributed by atoms with Crippen molar-refractivity contribution < 1.29 is 19.1 Å². The van der Waals surface area contributed by atoms with Gasteiger partial charge in [0.05, 0.1) is 31.3 Å². The summed E-state index contributed by atoms with van der Waals surface area (Å²) in [5.74, 6) is -0.494. The number of pyridine rings is 1. The molecule has 0 radical (unpaired) electrons. The van der Waals surface area contributed by atoms with Gasteiger partial charge >= 0.3 is 5.97 Å². The highest BCUT2D eigenvalue weighted by Crippen LogP contribution is 2.35. The van der Waals surface area contributed by atoms with E-state index in [9.17, 15) is 14.7 Å². The molecule has 1 aromatic carbocycles. The first-order valence-electron chi connectivity index (χ1n) is 10.6. The van der Waals surface area contributed by atoms with Crippen LogP contribution in [0.25, 0.3) is 11.3 Å². The van der Waals surface area contributed by atoms with Crippen molar-refractivity contribution >= 4 is 5.97 Å². The van der Waals surface area contributed by atoms with Crippen LogP contribution < -0.4 is 5.56 Å². The van der Waals surface area contributed by atoms with E-state index < -0.39 is 11.9 Å². The molecule has 0 saturated carbocycles. The van der Waals surface area contributed by atoms with Crippen LogP contribution in [-0.4, -0.2) is 32.7 Å². The SMILES string of the molecule is COC(=O)CC(c1ccc(-c2ccccc2)o1)c1c(O)cc(C)n(CCc2cnc[nH]2)c1=O. The lowest BCUT2D eigenvalue weighted by atomic mass is 9.93. The van der Waals surface area contributed by atoms with Crippen molar-refractivity contribution in [1.29, 1.82) is 0 Å². The number of aromatic amines is 1. The molecule has 4 aromatic rings. The van der Waals surface area contributed by atoms with E-state index in [4.69, 9.17) is 9.15 Å². The second-order valence-corrected chi connectivity index (χ2v) is 7.77. The molecule has 1 unspecified atom stereocenters. The number of hydrogen-bond acceptors (Lipinski definition) is 6. The highest BCUT2D eigenvalue weighted by Gasteiger charge is 2.29. The van der Waals surface area contributed by atoms with Crippen LogP contribution in [0.2, 0.25) is 0 Å². The molecule has 0 aliphatic rings. The van der Waals surface area contributed by atoms with E-state index in [0.717, 1.165) is 11.3 Å². The van der Waals surface area contributed by atoms with Crippen molar-refractivity contribution in [3.63, 3.8) is 0 Å². The number of rotatable bonds is 8. The van der Waals surface area contributed by atoms with Crippen LogP contribution in [-0.2, 0) is 22.5 Å². The fourth-order valence-electron chi connectivity index (χ4n) is 3.92. The molecule has 0 saturated heterocycles. The number of furan rings is 1. The van der Waals surface area contributed by atoms with E-state index in [1.807, 2.05) is 30.3 Å². The van der Waals surface area contributed by atoms with Gasteiger partial charge in [-0.2, -0.15) is 0 Å². The van der Waals surface area contributed by atoms with Crippen molar-refractivity contribution in [3.8, 4) is 17.1 Å². The second kappa shape index (κ2) is 9.60. The van der Waals surface area contributed by atoms with Gasteiger partial charge < -0.3 is 23.8 Å². The van der Waals surface area contributed by atoms with Crippen molar-refractivity contribution in [1.82, 2.24) is 14.5 Å². The van der Waals surface area contributed by atoms with E-state index in [-0.39, 0.29) is 23.3 Å². The average molecular weight is 447 g/mol. The summed E-state index contributed by atoms with van der Waals surface area (Å²) >= 11 is 0. The van der Waals surface area contributed by atoms with Crippen molar-refractivity contribution in [2.24, 2.45) is 0 Å². The second-order valence-electron chi connectivity index (χ2n) is 7.77. The van der Waals surface area contributed by atoms with Crippen LogP contribution in [0.4, 0.5) is 0 Å². The Labute approximate surface area is 190 Å². The van der Waals surface area contributed by atoms with Crippen LogP contribution in [0.15, 0.2) is 70.3 Å². The molecule has 3 heterocycles.